The number of amides is 1. The van der Waals surface area contributed by atoms with Crippen molar-refractivity contribution in [2.24, 2.45) is 17.6 Å². The van der Waals surface area contributed by atoms with Crippen molar-refractivity contribution in [3.63, 3.8) is 0 Å². The first-order chi connectivity index (χ1) is 9.26. The van der Waals surface area contributed by atoms with Crippen molar-refractivity contribution in [3.8, 4) is 0 Å². The third kappa shape index (κ3) is 3.69. The van der Waals surface area contributed by atoms with Crippen LogP contribution >= 0.6 is 0 Å². The number of nitrogens with zero attached hydrogens (tertiary/aromatic N) is 1. The zero-order valence-electron chi connectivity index (χ0n) is 12.2. The fraction of sp³-hybridized carbons (Fsp3) is 0.933. The number of likely N-dealkylation sites (tertiary alicyclic amines) is 1. The van der Waals surface area contributed by atoms with Gasteiger partial charge >= 0.3 is 0 Å². The predicted octanol–water partition coefficient (Wildman–Crippen LogP) is 1.35. The van der Waals surface area contributed by atoms with E-state index < -0.39 is 0 Å². The largest absolute Gasteiger partial charge is 0.359 e. The molecule has 0 aromatic heterocycles. The van der Waals surface area contributed by atoms with Gasteiger partial charge in [0.05, 0.1) is 5.92 Å². The van der Waals surface area contributed by atoms with Crippen molar-refractivity contribution < 1.29 is 4.79 Å². The van der Waals surface area contributed by atoms with Gasteiger partial charge in [-0.3, -0.25) is 9.69 Å². The van der Waals surface area contributed by atoms with E-state index in [0.29, 0.717) is 12.0 Å². The summed E-state index contributed by atoms with van der Waals surface area (Å²) in [5.41, 5.74) is 5.98. The molecule has 1 saturated carbocycles. The second kappa shape index (κ2) is 7.25. The number of nitrogens with two attached hydrogens (primary N) is 1. The van der Waals surface area contributed by atoms with Crippen LogP contribution in [0.25, 0.3) is 0 Å². The predicted molar refractivity (Wildman–Crippen MR) is 77.8 cm³/mol. The molecule has 0 aromatic rings. The second-order valence-corrected chi connectivity index (χ2v) is 6.15. The van der Waals surface area contributed by atoms with Crippen LogP contribution in [-0.4, -0.2) is 43.5 Å². The minimum Gasteiger partial charge on any atom is -0.359 e. The molecule has 110 valence electrons. The van der Waals surface area contributed by atoms with Gasteiger partial charge in [-0.05, 0) is 44.7 Å². The Morgan fingerprint density at radius 1 is 1.21 bits per heavy atom. The fourth-order valence-electron chi connectivity index (χ4n) is 3.85. The average molecular weight is 267 g/mol. The van der Waals surface area contributed by atoms with Gasteiger partial charge in [-0.2, -0.15) is 0 Å². The highest BCUT2D eigenvalue weighted by molar-refractivity contribution is 5.78. The molecule has 1 aliphatic heterocycles. The molecule has 4 heteroatoms. The van der Waals surface area contributed by atoms with Crippen LogP contribution in [-0.2, 0) is 4.79 Å². The van der Waals surface area contributed by atoms with Crippen molar-refractivity contribution in [2.75, 3.05) is 26.7 Å². The molecule has 1 aliphatic carbocycles. The molecular weight excluding hydrogens is 238 g/mol. The SMILES string of the molecule is CNC(=O)C1CCCN(C2CCCCCC2CN)C1. The summed E-state index contributed by atoms with van der Waals surface area (Å²) < 4.78 is 0. The Labute approximate surface area is 117 Å². The highest BCUT2D eigenvalue weighted by atomic mass is 16.1. The fourth-order valence-corrected chi connectivity index (χ4v) is 3.85. The molecule has 3 N–H and O–H groups in total. The molecule has 1 saturated heterocycles. The topological polar surface area (TPSA) is 58.4 Å². The van der Waals surface area contributed by atoms with Crippen LogP contribution < -0.4 is 11.1 Å². The Balaban J connectivity index is 1.99. The smallest absolute Gasteiger partial charge is 0.224 e. The zero-order chi connectivity index (χ0) is 13.7. The number of piperidine rings is 1. The Hall–Kier alpha value is -0.610. The van der Waals surface area contributed by atoms with Gasteiger partial charge in [0, 0.05) is 19.6 Å². The van der Waals surface area contributed by atoms with E-state index in [9.17, 15) is 4.79 Å². The molecule has 1 heterocycles. The van der Waals surface area contributed by atoms with Crippen molar-refractivity contribution in [1.29, 1.82) is 0 Å². The van der Waals surface area contributed by atoms with Crippen molar-refractivity contribution in [3.05, 3.63) is 0 Å². The van der Waals surface area contributed by atoms with Gasteiger partial charge < -0.3 is 11.1 Å². The maximum absolute atomic E-state index is 11.9. The van der Waals surface area contributed by atoms with Crippen LogP contribution in [0.5, 0.6) is 0 Å². The second-order valence-electron chi connectivity index (χ2n) is 6.15. The van der Waals surface area contributed by atoms with Crippen LogP contribution in [0.4, 0.5) is 0 Å². The molecule has 2 fully saturated rings. The summed E-state index contributed by atoms with van der Waals surface area (Å²) in [6, 6.07) is 0.611. The Kier molecular flexibility index (Phi) is 5.64. The summed E-state index contributed by atoms with van der Waals surface area (Å²) in [6.45, 7) is 2.88. The molecule has 0 aromatic carbocycles. The van der Waals surface area contributed by atoms with E-state index in [2.05, 4.69) is 10.2 Å². The van der Waals surface area contributed by atoms with Crippen LogP contribution in [0.3, 0.4) is 0 Å². The van der Waals surface area contributed by atoms with Crippen LogP contribution in [0, 0.1) is 11.8 Å². The average Bonchev–Trinajstić information content (AvgIpc) is 2.71. The van der Waals surface area contributed by atoms with Crippen LogP contribution in [0.2, 0.25) is 0 Å². The maximum atomic E-state index is 11.9. The van der Waals surface area contributed by atoms with Gasteiger partial charge in [-0.25, -0.2) is 0 Å². The monoisotopic (exact) mass is 267 g/mol. The summed E-state index contributed by atoms with van der Waals surface area (Å²) in [5, 5.41) is 2.81. The van der Waals surface area contributed by atoms with Crippen LogP contribution in [0.15, 0.2) is 0 Å². The van der Waals surface area contributed by atoms with Crippen molar-refractivity contribution in [1.82, 2.24) is 10.2 Å². The van der Waals surface area contributed by atoms with Gasteiger partial charge in [0.2, 0.25) is 5.91 Å². The first kappa shape index (κ1) is 14.8. The molecule has 0 bridgehead atoms. The van der Waals surface area contributed by atoms with E-state index in [-0.39, 0.29) is 11.8 Å². The van der Waals surface area contributed by atoms with Gasteiger partial charge in [-0.1, -0.05) is 19.3 Å². The highest BCUT2D eigenvalue weighted by Gasteiger charge is 2.33. The van der Waals surface area contributed by atoms with E-state index in [1.165, 1.54) is 32.1 Å². The third-order valence-corrected chi connectivity index (χ3v) is 4.96. The summed E-state index contributed by atoms with van der Waals surface area (Å²) in [6.07, 6.45) is 8.71. The maximum Gasteiger partial charge on any atom is 0.224 e. The van der Waals surface area contributed by atoms with Crippen molar-refractivity contribution in [2.45, 2.75) is 51.0 Å². The lowest BCUT2D eigenvalue weighted by Crippen LogP contribution is -2.50. The molecular formula is C15H29N3O. The Morgan fingerprint density at radius 3 is 2.74 bits per heavy atom. The van der Waals surface area contributed by atoms with E-state index in [4.69, 9.17) is 5.73 Å². The number of carbonyl (C=O) groups excluding carboxylic acids is 1. The molecule has 1 amide bonds. The molecule has 3 atom stereocenters. The van der Waals surface area contributed by atoms with E-state index >= 15 is 0 Å². The zero-order valence-corrected chi connectivity index (χ0v) is 12.2. The number of hydrogen-bond donors (Lipinski definition) is 2. The van der Waals surface area contributed by atoms with Gasteiger partial charge in [0.1, 0.15) is 0 Å². The number of hydrogen-bond acceptors (Lipinski definition) is 3. The summed E-state index contributed by atoms with van der Waals surface area (Å²) in [4.78, 5) is 14.4. The quantitative estimate of drug-likeness (QED) is 0.759. The highest BCUT2D eigenvalue weighted by Crippen LogP contribution is 2.30. The number of carbonyl (C=O) groups is 1. The van der Waals surface area contributed by atoms with Crippen molar-refractivity contribution >= 4 is 5.91 Å². The summed E-state index contributed by atoms with van der Waals surface area (Å²) >= 11 is 0. The molecule has 4 nitrogen and oxygen atoms in total. The third-order valence-electron chi connectivity index (χ3n) is 4.96. The normalized spacial score (nSPS) is 33.7. The first-order valence-corrected chi connectivity index (χ1v) is 7.92. The summed E-state index contributed by atoms with van der Waals surface area (Å²) in [7, 11) is 1.75. The Bertz CT molecular complexity index is 295. The molecule has 19 heavy (non-hydrogen) atoms. The minimum atomic E-state index is 0.181. The molecule has 2 aliphatic rings. The number of rotatable bonds is 3. The standard InChI is InChI=1S/C15H29N3O/c1-17-15(19)13-7-5-9-18(11-13)14-8-4-2-3-6-12(14)10-16/h12-14H,2-11,16H2,1H3,(H,17,19). The lowest BCUT2D eigenvalue weighted by molar-refractivity contribution is -0.126. The van der Waals surface area contributed by atoms with E-state index in [1.807, 2.05) is 0 Å². The lowest BCUT2D eigenvalue weighted by Gasteiger charge is -2.40. The van der Waals surface area contributed by atoms with Gasteiger partial charge in [0.15, 0.2) is 0 Å². The minimum absolute atomic E-state index is 0.181. The van der Waals surface area contributed by atoms with Gasteiger partial charge in [-0.15, -0.1) is 0 Å². The lowest BCUT2D eigenvalue weighted by atomic mass is 9.89. The number of nitrogens with one attached hydrogen (secondary N) is 1. The van der Waals surface area contributed by atoms with Crippen LogP contribution in [0.1, 0.15) is 44.9 Å². The molecule has 0 spiro atoms. The van der Waals surface area contributed by atoms with E-state index in [1.54, 1.807) is 7.05 Å². The summed E-state index contributed by atoms with van der Waals surface area (Å²) in [5.74, 6) is 1.02. The first-order valence-electron chi connectivity index (χ1n) is 7.92. The molecule has 3 unspecified atom stereocenters. The molecule has 0 radical (unpaired) electrons. The van der Waals surface area contributed by atoms with E-state index in [0.717, 1.165) is 32.5 Å². The molecule has 2 rings (SSSR count). The van der Waals surface area contributed by atoms with Gasteiger partial charge in [0.25, 0.3) is 0 Å². The Morgan fingerprint density at radius 2 is 2.00 bits per heavy atom.